The molecule has 0 aromatic carbocycles. The van der Waals surface area contributed by atoms with Gasteiger partial charge in [-0.1, -0.05) is 65.7 Å². The van der Waals surface area contributed by atoms with E-state index in [4.69, 9.17) is 16.3 Å². The first-order valence-corrected chi connectivity index (χ1v) is 8.34. The first-order valence-electron chi connectivity index (χ1n) is 7.96. The van der Waals surface area contributed by atoms with Crippen LogP contribution in [0.3, 0.4) is 0 Å². The van der Waals surface area contributed by atoms with Gasteiger partial charge in [-0.25, -0.2) is 0 Å². The Kier molecular flexibility index (Phi) is 11.4. The highest BCUT2D eigenvalue weighted by Gasteiger charge is 2.36. The molecule has 0 aliphatic rings. The first-order chi connectivity index (χ1) is 9.10. The first kappa shape index (κ1) is 18.8. The van der Waals surface area contributed by atoms with E-state index in [-0.39, 0.29) is 5.97 Å². The van der Waals surface area contributed by atoms with Crippen molar-refractivity contribution in [1.82, 2.24) is 0 Å². The van der Waals surface area contributed by atoms with Gasteiger partial charge in [0.15, 0.2) is 0 Å². The van der Waals surface area contributed by atoms with E-state index in [0.717, 1.165) is 51.4 Å². The minimum Gasteiger partial charge on any atom is -0.464 e. The third-order valence-electron chi connectivity index (χ3n) is 3.45. The third kappa shape index (κ3) is 8.52. The molecule has 0 aromatic rings. The van der Waals surface area contributed by atoms with Crippen molar-refractivity contribution in [3.8, 4) is 0 Å². The molecule has 1 unspecified atom stereocenters. The van der Waals surface area contributed by atoms with E-state index < -0.39 is 4.87 Å². The molecule has 0 fully saturated rings. The van der Waals surface area contributed by atoms with Crippen LogP contribution < -0.4 is 0 Å². The van der Waals surface area contributed by atoms with Gasteiger partial charge in [0.2, 0.25) is 0 Å². The molecular weight excluding hydrogens is 260 g/mol. The van der Waals surface area contributed by atoms with Gasteiger partial charge in [0.05, 0.1) is 6.61 Å². The van der Waals surface area contributed by atoms with E-state index in [2.05, 4.69) is 20.8 Å². The zero-order chi connectivity index (χ0) is 14.6. The summed E-state index contributed by atoms with van der Waals surface area (Å²) in [6, 6.07) is 0. The fraction of sp³-hybridized carbons (Fsp3) is 0.938. The average molecular weight is 291 g/mol. The maximum atomic E-state index is 12.2. The van der Waals surface area contributed by atoms with Crippen LogP contribution in [0.2, 0.25) is 0 Å². The number of esters is 1. The Morgan fingerprint density at radius 3 is 2.05 bits per heavy atom. The minimum atomic E-state index is -0.780. The van der Waals surface area contributed by atoms with Crippen molar-refractivity contribution < 1.29 is 9.53 Å². The number of alkyl halides is 1. The van der Waals surface area contributed by atoms with Gasteiger partial charge in [-0.15, -0.1) is 11.6 Å². The third-order valence-corrected chi connectivity index (χ3v) is 3.98. The summed E-state index contributed by atoms with van der Waals surface area (Å²) in [4.78, 5) is 11.4. The van der Waals surface area contributed by atoms with Crippen LogP contribution in [0, 0.1) is 0 Å². The van der Waals surface area contributed by atoms with Gasteiger partial charge < -0.3 is 4.74 Å². The summed E-state index contributed by atoms with van der Waals surface area (Å²) in [7, 11) is 0. The Labute approximate surface area is 124 Å². The van der Waals surface area contributed by atoms with Crippen LogP contribution in [0.15, 0.2) is 0 Å². The fourth-order valence-corrected chi connectivity index (χ4v) is 2.38. The van der Waals surface area contributed by atoms with Gasteiger partial charge in [-0.2, -0.15) is 0 Å². The normalized spacial score (nSPS) is 14.1. The highest BCUT2D eigenvalue weighted by atomic mass is 35.5. The predicted molar refractivity (Wildman–Crippen MR) is 82.7 cm³/mol. The van der Waals surface area contributed by atoms with Gasteiger partial charge in [0.1, 0.15) is 4.87 Å². The smallest absolute Gasteiger partial charge is 0.327 e. The summed E-state index contributed by atoms with van der Waals surface area (Å²) < 4.78 is 5.33. The summed E-state index contributed by atoms with van der Waals surface area (Å²) in [6.07, 6.45) is 10.1. The Hall–Kier alpha value is -0.240. The maximum Gasteiger partial charge on any atom is 0.327 e. The monoisotopic (exact) mass is 290 g/mol. The largest absolute Gasteiger partial charge is 0.464 e. The van der Waals surface area contributed by atoms with E-state index in [1.54, 1.807) is 0 Å². The molecule has 0 aromatic heterocycles. The molecule has 0 heterocycles. The summed E-state index contributed by atoms with van der Waals surface area (Å²) in [5, 5.41) is 0. The molecule has 0 saturated carbocycles. The lowest BCUT2D eigenvalue weighted by molar-refractivity contribution is -0.147. The number of rotatable bonds is 12. The summed E-state index contributed by atoms with van der Waals surface area (Å²) in [6.45, 7) is 6.90. The molecule has 0 radical (unpaired) electrons. The molecule has 1 atom stereocenters. The molecule has 114 valence electrons. The van der Waals surface area contributed by atoms with Crippen molar-refractivity contribution >= 4 is 17.6 Å². The summed E-state index contributed by atoms with van der Waals surface area (Å²) in [5.74, 6) is -0.201. The van der Waals surface area contributed by atoms with Crippen molar-refractivity contribution in [2.75, 3.05) is 6.61 Å². The zero-order valence-corrected chi connectivity index (χ0v) is 13.7. The number of carbonyl (C=O) groups excluding carboxylic acids is 1. The van der Waals surface area contributed by atoms with Gasteiger partial charge in [0.25, 0.3) is 0 Å². The zero-order valence-electron chi connectivity index (χ0n) is 13.0. The van der Waals surface area contributed by atoms with Crippen LogP contribution in [0.1, 0.15) is 85.0 Å². The molecule has 3 heteroatoms. The standard InChI is InChI=1S/C16H31ClO2/c1-4-7-10-11-13-16(17,12-8-5-2)15(18)19-14-9-6-3/h4-14H2,1-3H3. The van der Waals surface area contributed by atoms with E-state index in [1.807, 2.05) is 0 Å². The summed E-state index contributed by atoms with van der Waals surface area (Å²) >= 11 is 6.55. The molecule has 0 amide bonds. The number of unbranched alkanes of at least 4 members (excludes halogenated alkanes) is 5. The maximum absolute atomic E-state index is 12.2. The number of halogens is 1. The Bertz CT molecular complexity index is 231. The average Bonchev–Trinajstić information content (AvgIpc) is 2.41. The van der Waals surface area contributed by atoms with Crippen LogP contribution in [0.5, 0.6) is 0 Å². The second kappa shape index (κ2) is 11.6. The topological polar surface area (TPSA) is 26.3 Å². The van der Waals surface area contributed by atoms with E-state index >= 15 is 0 Å². The van der Waals surface area contributed by atoms with Gasteiger partial charge >= 0.3 is 5.97 Å². The van der Waals surface area contributed by atoms with E-state index in [0.29, 0.717) is 6.61 Å². The molecule has 2 nitrogen and oxygen atoms in total. The molecule has 0 aliphatic heterocycles. The number of carbonyl (C=O) groups is 1. The molecule has 0 rings (SSSR count). The number of ether oxygens (including phenoxy) is 1. The molecule has 0 N–H and O–H groups in total. The molecule has 19 heavy (non-hydrogen) atoms. The van der Waals surface area contributed by atoms with Crippen LogP contribution in [-0.2, 0) is 9.53 Å². The van der Waals surface area contributed by atoms with Crippen LogP contribution in [0.4, 0.5) is 0 Å². The lowest BCUT2D eigenvalue weighted by Crippen LogP contribution is -2.34. The lowest BCUT2D eigenvalue weighted by atomic mass is 9.94. The Morgan fingerprint density at radius 2 is 1.47 bits per heavy atom. The van der Waals surface area contributed by atoms with Crippen LogP contribution in [0.25, 0.3) is 0 Å². The molecule has 0 saturated heterocycles. The fourth-order valence-electron chi connectivity index (χ4n) is 2.06. The van der Waals surface area contributed by atoms with Crippen molar-refractivity contribution in [2.45, 2.75) is 89.9 Å². The molecule has 0 bridgehead atoms. The van der Waals surface area contributed by atoms with Crippen LogP contribution in [-0.4, -0.2) is 17.5 Å². The van der Waals surface area contributed by atoms with Crippen LogP contribution >= 0.6 is 11.6 Å². The quantitative estimate of drug-likeness (QED) is 0.271. The van der Waals surface area contributed by atoms with E-state index in [1.165, 1.54) is 12.8 Å². The Balaban J connectivity index is 4.26. The second-order valence-corrected chi connectivity index (χ2v) is 6.09. The Morgan fingerprint density at radius 1 is 0.895 bits per heavy atom. The van der Waals surface area contributed by atoms with Gasteiger partial charge in [-0.05, 0) is 19.3 Å². The van der Waals surface area contributed by atoms with Crippen molar-refractivity contribution in [1.29, 1.82) is 0 Å². The second-order valence-electron chi connectivity index (χ2n) is 5.37. The predicted octanol–water partition coefficient (Wildman–Crippen LogP) is 5.47. The molecule has 0 spiro atoms. The lowest BCUT2D eigenvalue weighted by Gasteiger charge is -2.25. The van der Waals surface area contributed by atoms with E-state index in [9.17, 15) is 4.79 Å². The highest BCUT2D eigenvalue weighted by Crippen LogP contribution is 2.31. The number of hydrogen-bond acceptors (Lipinski definition) is 2. The minimum absolute atomic E-state index is 0.201. The van der Waals surface area contributed by atoms with Gasteiger partial charge in [0, 0.05) is 0 Å². The molecule has 0 aliphatic carbocycles. The molecular formula is C16H31ClO2. The highest BCUT2D eigenvalue weighted by molar-refractivity contribution is 6.34. The number of hydrogen-bond donors (Lipinski definition) is 0. The van der Waals surface area contributed by atoms with Crippen molar-refractivity contribution in [3.63, 3.8) is 0 Å². The SMILES string of the molecule is CCCCCCC(Cl)(CCCC)C(=O)OCCCC. The van der Waals surface area contributed by atoms with Crippen molar-refractivity contribution in [2.24, 2.45) is 0 Å². The van der Waals surface area contributed by atoms with Gasteiger partial charge in [-0.3, -0.25) is 4.79 Å². The van der Waals surface area contributed by atoms with Crippen molar-refractivity contribution in [3.05, 3.63) is 0 Å². The summed E-state index contributed by atoms with van der Waals surface area (Å²) in [5.41, 5.74) is 0.